The average molecular weight is 294 g/mol. The molecule has 22 heavy (non-hydrogen) atoms. The largest absolute Gasteiger partial charge is 0.497 e. The number of aromatic nitrogens is 3. The second-order valence-corrected chi connectivity index (χ2v) is 5.15. The van der Waals surface area contributed by atoms with Gasteiger partial charge in [-0.15, -0.1) is 0 Å². The lowest BCUT2D eigenvalue weighted by Crippen LogP contribution is -2.09. The fourth-order valence-corrected chi connectivity index (χ4v) is 2.41. The first-order valence-electron chi connectivity index (χ1n) is 7.16. The first kappa shape index (κ1) is 14.3. The van der Waals surface area contributed by atoms with E-state index in [1.165, 1.54) is 0 Å². The predicted molar refractivity (Wildman–Crippen MR) is 87.1 cm³/mol. The second kappa shape index (κ2) is 5.97. The number of rotatable bonds is 4. The molecule has 3 aromatic rings. The number of pyridine rings is 1. The van der Waals surface area contributed by atoms with Crippen molar-refractivity contribution in [1.82, 2.24) is 15.0 Å². The molecule has 1 aromatic carbocycles. The van der Waals surface area contributed by atoms with E-state index in [1.54, 1.807) is 19.5 Å². The lowest BCUT2D eigenvalue weighted by molar-refractivity contribution is 0.414. The molecule has 1 atom stereocenters. The molecule has 0 aliphatic carbocycles. The molecule has 0 aliphatic rings. The van der Waals surface area contributed by atoms with E-state index >= 15 is 0 Å². The molecule has 0 amide bonds. The van der Waals surface area contributed by atoms with Gasteiger partial charge in [0.05, 0.1) is 24.9 Å². The molecule has 0 unspecified atom stereocenters. The number of nitrogens with one attached hydrogen (secondary N) is 1. The quantitative estimate of drug-likeness (QED) is 0.798. The molecular weight excluding hydrogens is 276 g/mol. The van der Waals surface area contributed by atoms with Gasteiger partial charge in [-0.1, -0.05) is 12.1 Å². The highest BCUT2D eigenvalue weighted by Gasteiger charge is 2.11. The van der Waals surface area contributed by atoms with Crippen LogP contribution in [0, 0.1) is 6.92 Å². The number of ether oxygens (including phenoxy) is 1. The van der Waals surface area contributed by atoms with E-state index in [0.29, 0.717) is 0 Å². The molecule has 0 saturated carbocycles. The Hall–Kier alpha value is -2.69. The van der Waals surface area contributed by atoms with Crippen LogP contribution in [0.25, 0.3) is 10.9 Å². The zero-order valence-corrected chi connectivity index (χ0v) is 12.9. The molecule has 0 aliphatic heterocycles. The standard InChI is InChI=1S/C17H18N4O/c1-11(13-5-4-6-14(9-13)22-3)19-17-15-7-8-18-10-16(15)20-12(2)21-17/h4-11H,1-3H3,(H,19,20,21)/t11-/m1/s1. The first-order valence-corrected chi connectivity index (χ1v) is 7.16. The van der Waals surface area contributed by atoms with Crippen LogP contribution in [0.1, 0.15) is 24.4 Å². The Morgan fingerprint density at radius 2 is 2.05 bits per heavy atom. The Balaban J connectivity index is 1.95. The third-order valence-electron chi connectivity index (χ3n) is 3.56. The van der Waals surface area contributed by atoms with E-state index in [0.717, 1.165) is 33.9 Å². The number of aryl methyl sites for hydroxylation is 1. The number of hydrogen-bond donors (Lipinski definition) is 1. The Bertz CT molecular complexity index is 804. The number of benzene rings is 1. The third-order valence-corrected chi connectivity index (χ3v) is 3.56. The molecule has 0 radical (unpaired) electrons. The summed E-state index contributed by atoms with van der Waals surface area (Å²) in [6.45, 7) is 3.98. The molecule has 112 valence electrons. The van der Waals surface area contributed by atoms with E-state index in [1.807, 2.05) is 31.2 Å². The molecule has 0 spiro atoms. The molecule has 1 N–H and O–H groups in total. The van der Waals surface area contributed by atoms with Gasteiger partial charge in [0.25, 0.3) is 0 Å². The van der Waals surface area contributed by atoms with Crippen molar-refractivity contribution < 1.29 is 4.74 Å². The van der Waals surface area contributed by atoms with Gasteiger partial charge in [-0.3, -0.25) is 4.98 Å². The van der Waals surface area contributed by atoms with Crippen molar-refractivity contribution in [2.75, 3.05) is 12.4 Å². The summed E-state index contributed by atoms with van der Waals surface area (Å²) >= 11 is 0. The first-order chi connectivity index (χ1) is 10.7. The summed E-state index contributed by atoms with van der Waals surface area (Å²) in [5.41, 5.74) is 1.98. The van der Waals surface area contributed by atoms with Gasteiger partial charge >= 0.3 is 0 Å². The molecule has 3 rings (SSSR count). The summed E-state index contributed by atoms with van der Waals surface area (Å²) in [6.07, 6.45) is 3.51. The monoisotopic (exact) mass is 294 g/mol. The van der Waals surface area contributed by atoms with Crippen LogP contribution in [0.3, 0.4) is 0 Å². The molecule has 0 bridgehead atoms. The molecule has 2 aromatic heterocycles. The number of methoxy groups -OCH3 is 1. The van der Waals surface area contributed by atoms with E-state index < -0.39 is 0 Å². The normalized spacial score (nSPS) is 12.1. The maximum Gasteiger partial charge on any atom is 0.138 e. The number of nitrogens with zero attached hydrogens (tertiary/aromatic N) is 3. The van der Waals surface area contributed by atoms with Crippen molar-refractivity contribution in [2.45, 2.75) is 19.9 Å². The summed E-state index contributed by atoms with van der Waals surface area (Å²) in [7, 11) is 1.67. The van der Waals surface area contributed by atoms with Gasteiger partial charge < -0.3 is 10.1 Å². The topological polar surface area (TPSA) is 59.9 Å². The van der Waals surface area contributed by atoms with Gasteiger partial charge in [-0.2, -0.15) is 0 Å². The van der Waals surface area contributed by atoms with Crippen molar-refractivity contribution in [3.05, 3.63) is 54.1 Å². The lowest BCUT2D eigenvalue weighted by atomic mass is 10.1. The van der Waals surface area contributed by atoms with Crippen LogP contribution in [-0.4, -0.2) is 22.1 Å². The lowest BCUT2D eigenvalue weighted by Gasteiger charge is -2.17. The fraction of sp³-hybridized carbons (Fsp3) is 0.235. The van der Waals surface area contributed by atoms with Gasteiger partial charge in [0, 0.05) is 11.6 Å². The molecule has 5 heteroatoms. The summed E-state index contributed by atoms with van der Waals surface area (Å²) in [6, 6.07) is 10.0. The van der Waals surface area contributed by atoms with Crippen LogP contribution >= 0.6 is 0 Å². The summed E-state index contributed by atoms with van der Waals surface area (Å²) < 4.78 is 5.28. The Morgan fingerprint density at radius 3 is 2.86 bits per heavy atom. The van der Waals surface area contributed by atoms with Gasteiger partial charge in [0.1, 0.15) is 17.4 Å². The van der Waals surface area contributed by atoms with E-state index in [-0.39, 0.29) is 6.04 Å². The SMILES string of the molecule is COc1cccc([C@@H](C)Nc2nc(C)nc3cnccc23)c1. The third kappa shape index (κ3) is 2.83. The fourth-order valence-electron chi connectivity index (χ4n) is 2.41. The zero-order chi connectivity index (χ0) is 15.5. The predicted octanol–water partition coefficient (Wildman–Crippen LogP) is 3.51. The molecule has 2 heterocycles. The highest BCUT2D eigenvalue weighted by atomic mass is 16.5. The summed E-state index contributed by atoms with van der Waals surface area (Å²) in [5.74, 6) is 2.39. The van der Waals surface area contributed by atoms with E-state index in [4.69, 9.17) is 4.74 Å². The molecule has 5 nitrogen and oxygen atoms in total. The second-order valence-electron chi connectivity index (χ2n) is 5.15. The smallest absolute Gasteiger partial charge is 0.138 e. The van der Waals surface area contributed by atoms with Crippen molar-refractivity contribution in [3.8, 4) is 5.75 Å². The maximum atomic E-state index is 5.28. The van der Waals surface area contributed by atoms with E-state index in [9.17, 15) is 0 Å². The highest BCUT2D eigenvalue weighted by molar-refractivity contribution is 5.88. The van der Waals surface area contributed by atoms with Crippen LogP contribution in [0.15, 0.2) is 42.7 Å². The van der Waals surface area contributed by atoms with Gasteiger partial charge in [0.2, 0.25) is 0 Å². The molecule has 0 saturated heterocycles. The average Bonchev–Trinajstić information content (AvgIpc) is 2.54. The minimum Gasteiger partial charge on any atom is -0.497 e. The Labute approximate surface area is 129 Å². The van der Waals surface area contributed by atoms with Crippen LogP contribution in [0.2, 0.25) is 0 Å². The summed E-state index contributed by atoms with van der Waals surface area (Å²) in [5, 5.41) is 4.43. The highest BCUT2D eigenvalue weighted by Crippen LogP contribution is 2.25. The van der Waals surface area contributed by atoms with Gasteiger partial charge in [-0.05, 0) is 37.6 Å². The molecule has 0 fully saturated rings. The van der Waals surface area contributed by atoms with Crippen molar-refractivity contribution in [3.63, 3.8) is 0 Å². The van der Waals surface area contributed by atoms with Crippen LogP contribution in [-0.2, 0) is 0 Å². The summed E-state index contributed by atoms with van der Waals surface area (Å²) in [4.78, 5) is 13.1. The minimum absolute atomic E-state index is 0.0979. The number of anilines is 1. The minimum atomic E-state index is 0.0979. The van der Waals surface area contributed by atoms with Crippen molar-refractivity contribution >= 4 is 16.7 Å². The van der Waals surface area contributed by atoms with E-state index in [2.05, 4.69) is 33.3 Å². The van der Waals surface area contributed by atoms with Gasteiger partial charge in [0.15, 0.2) is 0 Å². The van der Waals surface area contributed by atoms with Crippen LogP contribution < -0.4 is 10.1 Å². The van der Waals surface area contributed by atoms with Crippen LogP contribution in [0.4, 0.5) is 5.82 Å². The molecular formula is C17H18N4O. The number of fused-ring (bicyclic) bond motifs is 1. The zero-order valence-electron chi connectivity index (χ0n) is 12.9. The van der Waals surface area contributed by atoms with Gasteiger partial charge in [-0.25, -0.2) is 9.97 Å². The van der Waals surface area contributed by atoms with Crippen molar-refractivity contribution in [2.24, 2.45) is 0 Å². The Morgan fingerprint density at radius 1 is 1.18 bits per heavy atom. The Kier molecular flexibility index (Phi) is 3.87. The van der Waals surface area contributed by atoms with Crippen molar-refractivity contribution in [1.29, 1.82) is 0 Å². The maximum absolute atomic E-state index is 5.28. The van der Waals surface area contributed by atoms with Crippen LogP contribution in [0.5, 0.6) is 5.75 Å². The number of hydrogen-bond acceptors (Lipinski definition) is 5.